The number of hydrogen-bond donors (Lipinski definition) is 0. The fraction of sp³-hybridized carbons (Fsp3) is 0.357. The average molecular weight is 459 g/mol. The summed E-state index contributed by atoms with van der Waals surface area (Å²) in [6, 6.07) is 18.3. The van der Waals surface area contributed by atoms with Crippen LogP contribution in [0.4, 0.5) is 0 Å². The van der Waals surface area contributed by atoms with Crippen LogP contribution < -0.4 is 9.47 Å². The molecule has 6 heteroatoms. The third-order valence-corrected chi connectivity index (χ3v) is 6.55. The molecule has 0 N–H and O–H groups in total. The zero-order valence-electron chi connectivity index (χ0n) is 19.5. The number of aromatic nitrogens is 1. The monoisotopic (exact) mass is 458 g/mol. The van der Waals surface area contributed by atoms with Crippen LogP contribution in [0.1, 0.15) is 35.1 Å². The molecule has 0 spiro atoms. The maximum Gasteiger partial charge on any atom is 0.252 e. The number of ether oxygens (including phenoxy) is 3. The number of rotatable bonds is 8. The highest BCUT2D eigenvalue weighted by Crippen LogP contribution is 2.33. The molecule has 1 fully saturated rings. The van der Waals surface area contributed by atoms with Crippen molar-refractivity contribution >= 4 is 5.91 Å². The normalized spacial score (nSPS) is 17.4. The Morgan fingerprint density at radius 3 is 2.41 bits per heavy atom. The number of amides is 1. The third-order valence-electron chi connectivity index (χ3n) is 6.55. The van der Waals surface area contributed by atoms with Crippen molar-refractivity contribution in [1.82, 2.24) is 9.88 Å². The molecule has 1 aliphatic carbocycles. The van der Waals surface area contributed by atoms with E-state index in [9.17, 15) is 4.79 Å². The first-order chi connectivity index (χ1) is 16.7. The van der Waals surface area contributed by atoms with Crippen LogP contribution in [0.5, 0.6) is 11.5 Å². The Balaban J connectivity index is 1.31. The quantitative estimate of drug-likeness (QED) is 0.502. The summed E-state index contributed by atoms with van der Waals surface area (Å²) in [7, 11) is 1.65. The lowest BCUT2D eigenvalue weighted by Gasteiger charge is -2.26. The Hall–Kier alpha value is -3.38. The zero-order chi connectivity index (χ0) is 23.3. The second-order valence-electron chi connectivity index (χ2n) is 8.95. The van der Waals surface area contributed by atoms with E-state index in [0.717, 1.165) is 42.6 Å². The van der Waals surface area contributed by atoms with Crippen LogP contribution in [0.25, 0.3) is 0 Å². The van der Waals surface area contributed by atoms with Gasteiger partial charge in [-0.3, -0.25) is 9.78 Å². The van der Waals surface area contributed by atoms with E-state index in [2.05, 4.69) is 29.2 Å². The van der Waals surface area contributed by atoms with Gasteiger partial charge in [0.25, 0.3) is 5.91 Å². The Morgan fingerprint density at radius 1 is 1.00 bits per heavy atom. The number of carbonyl (C=O) groups excluding carboxylic acids is 1. The molecule has 6 nitrogen and oxygen atoms in total. The molecule has 1 aliphatic heterocycles. The SMILES string of the molecule is COc1cc(CN(Cc2ccncc2)C(=O)[C@H]2CCCO2)ccc1OC1Cc2ccccc2C1. The maximum atomic E-state index is 13.2. The van der Waals surface area contributed by atoms with Crippen molar-refractivity contribution in [3.63, 3.8) is 0 Å². The first kappa shape index (κ1) is 22.4. The predicted octanol–water partition coefficient (Wildman–Crippen LogP) is 4.34. The third kappa shape index (κ3) is 5.07. The summed E-state index contributed by atoms with van der Waals surface area (Å²) in [5, 5.41) is 0. The van der Waals surface area contributed by atoms with E-state index in [1.54, 1.807) is 19.5 Å². The van der Waals surface area contributed by atoms with E-state index < -0.39 is 0 Å². The van der Waals surface area contributed by atoms with Crippen molar-refractivity contribution in [2.75, 3.05) is 13.7 Å². The summed E-state index contributed by atoms with van der Waals surface area (Å²) in [6.07, 6.45) is 6.72. The van der Waals surface area contributed by atoms with E-state index in [4.69, 9.17) is 14.2 Å². The van der Waals surface area contributed by atoms with Crippen molar-refractivity contribution in [2.24, 2.45) is 0 Å². The molecule has 0 saturated carbocycles. The largest absolute Gasteiger partial charge is 0.493 e. The molecule has 34 heavy (non-hydrogen) atoms. The summed E-state index contributed by atoms with van der Waals surface area (Å²) in [5.41, 5.74) is 4.72. The van der Waals surface area contributed by atoms with E-state index in [1.165, 1.54) is 11.1 Å². The van der Waals surface area contributed by atoms with Gasteiger partial charge in [0, 0.05) is 44.9 Å². The Morgan fingerprint density at radius 2 is 1.74 bits per heavy atom. The molecular formula is C28H30N2O4. The predicted molar refractivity (Wildman–Crippen MR) is 129 cm³/mol. The number of nitrogens with zero attached hydrogens (tertiary/aromatic N) is 2. The lowest BCUT2D eigenvalue weighted by molar-refractivity contribution is -0.142. The minimum absolute atomic E-state index is 0.0253. The van der Waals surface area contributed by atoms with Crippen LogP contribution in [-0.4, -0.2) is 41.7 Å². The standard InChI is InChI=1S/C28H30N2O4/c1-32-27-15-21(8-9-25(27)34-24-16-22-5-2-3-6-23(22)17-24)19-30(18-20-10-12-29-13-11-20)28(31)26-7-4-14-33-26/h2-3,5-6,8-13,15,24,26H,4,7,14,16-19H2,1H3/t26-/m1/s1. The van der Waals surface area contributed by atoms with Crippen molar-refractivity contribution < 1.29 is 19.0 Å². The number of benzene rings is 2. The van der Waals surface area contributed by atoms with Gasteiger partial charge in [0.2, 0.25) is 0 Å². The molecule has 2 aliphatic rings. The molecule has 176 valence electrons. The molecule has 2 aromatic carbocycles. The maximum absolute atomic E-state index is 13.2. The molecule has 5 rings (SSSR count). The number of pyridine rings is 1. The van der Waals surface area contributed by atoms with Gasteiger partial charge in [0.15, 0.2) is 11.5 Å². The molecule has 1 amide bonds. The van der Waals surface area contributed by atoms with Crippen molar-refractivity contribution in [3.05, 3.63) is 89.2 Å². The minimum Gasteiger partial charge on any atom is -0.493 e. The van der Waals surface area contributed by atoms with Gasteiger partial charge in [0.1, 0.15) is 12.2 Å². The molecular weight excluding hydrogens is 428 g/mol. The lowest BCUT2D eigenvalue weighted by Crippen LogP contribution is -2.38. The number of fused-ring (bicyclic) bond motifs is 1. The highest BCUT2D eigenvalue weighted by molar-refractivity contribution is 5.81. The van der Waals surface area contributed by atoms with Gasteiger partial charge in [-0.15, -0.1) is 0 Å². The second-order valence-corrected chi connectivity index (χ2v) is 8.95. The van der Waals surface area contributed by atoms with Crippen LogP contribution in [0.3, 0.4) is 0 Å². The van der Waals surface area contributed by atoms with E-state index >= 15 is 0 Å². The van der Waals surface area contributed by atoms with Gasteiger partial charge in [0.05, 0.1) is 7.11 Å². The van der Waals surface area contributed by atoms with E-state index in [-0.39, 0.29) is 18.1 Å². The molecule has 1 aromatic heterocycles. The minimum atomic E-state index is -0.365. The van der Waals surface area contributed by atoms with Gasteiger partial charge < -0.3 is 19.1 Å². The zero-order valence-corrected chi connectivity index (χ0v) is 19.5. The molecule has 1 atom stereocenters. The van der Waals surface area contributed by atoms with E-state index in [1.807, 2.05) is 35.2 Å². The molecule has 0 radical (unpaired) electrons. The number of hydrogen-bond acceptors (Lipinski definition) is 5. The lowest BCUT2D eigenvalue weighted by atomic mass is 10.1. The molecule has 3 aromatic rings. The topological polar surface area (TPSA) is 60.9 Å². The fourth-order valence-electron chi connectivity index (χ4n) is 4.81. The van der Waals surface area contributed by atoms with Gasteiger partial charge in [-0.2, -0.15) is 0 Å². The molecule has 0 unspecified atom stereocenters. The summed E-state index contributed by atoms with van der Waals surface area (Å²) in [5.74, 6) is 1.44. The van der Waals surface area contributed by atoms with Crippen LogP contribution in [0.15, 0.2) is 67.0 Å². The smallest absolute Gasteiger partial charge is 0.252 e. The average Bonchev–Trinajstić information content (AvgIpc) is 3.54. The van der Waals surface area contributed by atoms with E-state index in [0.29, 0.717) is 25.4 Å². The van der Waals surface area contributed by atoms with Crippen LogP contribution in [0.2, 0.25) is 0 Å². The van der Waals surface area contributed by atoms with Gasteiger partial charge in [-0.05, 0) is 59.4 Å². The molecule has 1 saturated heterocycles. The molecule has 0 bridgehead atoms. The Kier molecular flexibility index (Phi) is 6.77. The summed E-state index contributed by atoms with van der Waals surface area (Å²) in [4.78, 5) is 19.2. The highest BCUT2D eigenvalue weighted by Gasteiger charge is 2.29. The number of methoxy groups -OCH3 is 1. The first-order valence-corrected chi connectivity index (χ1v) is 11.9. The van der Waals surface area contributed by atoms with Crippen LogP contribution >= 0.6 is 0 Å². The first-order valence-electron chi connectivity index (χ1n) is 11.9. The molecule has 2 heterocycles. The van der Waals surface area contributed by atoms with Crippen LogP contribution in [0, 0.1) is 0 Å². The highest BCUT2D eigenvalue weighted by atomic mass is 16.5. The van der Waals surface area contributed by atoms with Gasteiger partial charge >= 0.3 is 0 Å². The summed E-state index contributed by atoms with van der Waals surface area (Å²) in [6.45, 7) is 1.61. The van der Waals surface area contributed by atoms with Crippen molar-refractivity contribution in [2.45, 2.75) is 51.0 Å². The summed E-state index contributed by atoms with van der Waals surface area (Å²) < 4.78 is 17.7. The van der Waals surface area contributed by atoms with Crippen LogP contribution in [-0.2, 0) is 35.5 Å². The second kappa shape index (κ2) is 10.3. The Bertz CT molecular complexity index is 1100. The number of carbonyl (C=O) groups is 1. The van der Waals surface area contributed by atoms with Crippen molar-refractivity contribution in [3.8, 4) is 11.5 Å². The summed E-state index contributed by atoms with van der Waals surface area (Å²) >= 11 is 0. The van der Waals surface area contributed by atoms with Gasteiger partial charge in [-0.25, -0.2) is 0 Å². The van der Waals surface area contributed by atoms with Gasteiger partial charge in [-0.1, -0.05) is 30.3 Å². The fourth-order valence-corrected chi connectivity index (χ4v) is 4.81. The Labute approximate surface area is 200 Å². The van der Waals surface area contributed by atoms with Crippen molar-refractivity contribution in [1.29, 1.82) is 0 Å².